The van der Waals surface area contributed by atoms with Crippen LogP contribution in [-0.4, -0.2) is 43.7 Å². The lowest BCUT2D eigenvalue weighted by Gasteiger charge is -2.31. The van der Waals surface area contributed by atoms with E-state index in [-0.39, 0.29) is 11.9 Å². The molecule has 3 aromatic carbocycles. The van der Waals surface area contributed by atoms with Crippen LogP contribution in [0.4, 0.5) is 0 Å². The molecule has 172 valence electrons. The minimum Gasteiger partial charge on any atom is -0.488 e. The number of aryl methyl sites for hydroxylation is 2. The van der Waals surface area contributed by atoms with Crippen molar-refractivity contribution in [1.82, 2.24) is 10.2 Å². The molecule has 3 aromatic rings. The highest BCUT2D eigenvalue weighted by Crippen LogP contribution is 2.26. The Morgan fingerprint density at radius 1 is 0.970 bits per heavy atom. The molecule has 33 heavy (non-hydrogen) atoms. The quantitative estimate of drug-likeness (QED) is 0.548. The van der Waals surface area contributed by atoms with E-state index in [1.54, 1.807) is 0 Å². The summed E-state index contributed by atoms with van der Waals surface area (Å²) < 4.78 is 11.6. The number of rotatable bonds is 8. The minimum absolute atomic E-state index is 0.0714. The van der Waals surface area contributed by atoms with Gasteiger partial charge in [-0.15, -0.1) is 0 Å². The molecule has 1 atom stereocenters. The number of nitrogens with zero attached hydrogens (tertiary/aromatic N) is 1. The van der Waals surface area contributed by atoms with Crippen LogP contribution in [0, 0.1) is 13.8 Å². The lowest BCUT2D eigenvalue weighted by atomic mass is 10.0. The van der Waals surface area contributed by atoms with E-state index in [0.29, 0.717) is 12.2 Å². The molecule has 1 aliphatic heterocycles. The normalized spacial score (nSPS) is 15.1. The van der Waals surface area contributed by atoms with Gasteiger partial charge in [-0.3, -0.25) is 9.69 Å². The highest BCUT2D eigenvalue weighted by molar-refractivity contribution is 5.95. The van der Waals surface area contributed by atoms with Crippen LogP contribution in [0.1, 0.15) is 38.7 Å². The molecule has 1 aliphatic rings. The van der Waals surface area contributed by atoms with Gasteiger partial charge in [-0.2, -0.15) is 0 Å². The topological polar surface area (TPSA) is 50.8 Å². The van der Waals surface area contributed by atoms with Crippen molar-refractivity contribution in [1.29, 1.82) is 0 Å². The van der Waals surface area contributed by atoms with Crippen molar-refractivity contribution in [3.63, 3.8) is 0 Å². The van der Waals surface area contributed by atoms with Gasteiger partial charge in [-0.05, 0) is 48.2 Å². The Labute approximate surface area is 196 Å². The van der Waals surface area contributed by atoms with Gasteiger partial charge in [0.1, 0.15) is 12.4 Å². The van der Waals surface area contributed by atoms with Crippen LogP contribution in [0.25, 0.3) is 0 Å². The van der Waals surface area contributed by atoms with E-state index in [4.69, 9.17) is 9.47 Å². The van der Waals surface area contributed by atoms with Crippen molar-refractivity contribution in [3.8, 4) is 5.75 Å². The summed E-state index contributed by atoms with van der Waals surface area (Å²) in [5.74, 6) is 0.765. The molecule has 0 aromatic heterocycles. The van der Waals surface area contributed by atoms with Crippen LogP contribution >= 0.6 is 0 Å². The molecule has 1 amide bonds. The molecule has 0 saturated carbocycles. The number of ether oxygens (including phenoxy) is 2. The van der Waals surface area contributed by atoms with Crippen LogP contribution in [0.2, 0.25) is 0 Å². The van der Waals surface area contributed by atoms with Crippen molar-refractivity contribution in [2.45, 2.75) is 26.5 Å². The molecule has 0 radical (unpaired) electrons. The number of amides is 1. The van der Waals surface area contributed by atoms with Crippen LogP contribution in [0.15, 0.2) is 72.8 Å². The number of hydrogen-bond acceptors (Lipinski definition) is 4. The van der Waals surface area contributed by atoms with E-state index < -0.39 is 0 Å². The maximum Gasteiger partial charge on any atom is 0.251 e. The van der Waals surface area contributed by atoms with Gasteiger partial charge in [-0.25, -0.2) is 0 Å². The molecule has 1 unspecified atom stereocenters. The summed E-state index contributed by atoms with van der Waals surface area (Å²) in [5, 5.41) is 3.27. The van der Waals surface area contributed by atoms with Gasteiger partial charge < -0.3 is 14.8 Å². The Hall–Kier alpha value is -3.15. The van der Waals surface area contributed by atoms with Gasteiger partial charge in [0, 0.05) is 25.2 Å². The van der Waals surface area contributed by atoms with Gasteiger partial charge in [-0.1, -0.05) is 60.7 Å². The van der Waals surface area contributed by atoms with E-state index >= 15 is 0 Å². The summed E-state index contributed by atoms with van der Waals surface area (Å²) in [5.41, 5.74) is 4.79. The summed E-state index contributed by atoms with van der Waals surface area (Å²) >= 11 is 0. The largest absolute Gasteiger partial charge is 0.488 e. The van der Waals surface area contributed by atoms with Gasteiger partial charge in [0.25, 0.3) is 5.91 Å². The third kappa shape index (κ3) is 6.21. The maximum atomic E-state index is 13.3. The van der Waals surface area contributed by atoms with Crippen LogP contribution in [-0.2, 0) is 11.3 Å². The minimum atomic E-state index is -0.0913. The summed E-state index contributed by atoms with van der Waals surface area (Å²) in [6, 6.07) is 24.0. The summed E-state index contributed by atoms with van der Waals surface area (Å²) in [6.07, 6.45) is 0. The molecule has 1 N–H and O–H groups in total. The number of nitrogens with one attached hydrogen (secondary N) is 1. The zero-order valence-electron chi connectivity index (χ0n) is 19.4. The molecule has 4 rings (SSSR count). The lowest BCUT2D eigenvalue weighted by molar-refractivity contribution is 0.0332. The summed E-state index contributed by atoms with van der Waals surface area (Å²) in [6.45, 7) is 8.48. The Balaban J connectivity index is 1.48. The van der Waals surface area contributed by atoms with E-state index in [0.717, 1.165) is 60.9 Å². The van der Waals surface area contributed by atoms with E-state index in [1.165, 1.54) is 0 Å². The first-order valence-electron chi connectivity index (χ1n) is 11.5. The SMILES string of the molecule is Cc1cc(C(=O)NC(CN2CCOCC2)c2ccccc2)cc(C)c1OCc1ccccc1. The third-order valence-electron chi connectivity index (χ3n) is 6.00. The summed E-state index contributed by atoms with van der Waals surface area (Å²) in [7, 11) is 0. The molecule has 1 saturated heterocycles. The smallest absolute Gasteiger partial charge is 0.251 e. The number of carbonyl (C=O) groups excluding carboxylic acids is 1. The Bertz CT molecular complexity index is 1020. The molecule has 5 heteroatoms. The monoisotopic (exact) mass is 444 g/mol. The molecule has 0 bridgehead atoms. The summed E-state index contributed by atoms with van der Waals surface area (Å²) in [4.78, 5) is 15.6. The van der Waals surface area contributed by atoms with Crippen molar-refractivity contribution < 1.29 is 14.3 Å². The van der Waals surface area contributed by atoms with Crippen molar-refractivity contribution in [2.24, 2.45) is 0 Å². The first kappa shape index (κ1) is 23.0. The second-order valence-electron chi connectivity index (χ2n) is 8.56. The second-order valence-corrected chi connectivity index (χ2v) is 8.56. The average Bonchev–Trinajstić information content (AvgIpc) is 2.85. The van der Waals surface area contributed by atoms with Gasteiger partial charge in [0.05, 0.1) is 19.3 Å². The number of carbonyl (C=O) groups is 1. The molecule has 0 spiro atoms. The van der Waals surface area contributed by atoms with Crippen molar-refractivity contribution >= 4 is 5.91 Å². The predicted molar refractivity (Wildman–Crippen MR) is 131 cm³/mol. The van der Waals surface area contributed by atoms with Crippen LogP contribution in [0.3, 0.4) is 0 Å². The molecule has 5 nitrogen and oxygen atoms in total. The van der Waals surface area contributed by atoms with Crippen molar-refractivity contribution in [3.05, 3.63) is 101 Å². The standard InChI is InChI=1S/C28H32N2O3/c1-21-17-25(18-22(2)27(21)33-20-23-9-5-3-6-10-23)28(31)29-26(24-11-7-4-8-12-24)19-30-13-15-32-16-14-30/h3-12,17-18,26H,13-16,19-20H2,1-2H3,(H,29,31). The van der Waals surface area contributed by atoms with Crippen LogP contribution < -0.4 is 10.1 Å². The fourth-order valence-electron chi connectivity index (χ4n) is 4.24. The fraction of sp³-hybridized carbons (Fsp3) is 0.321. The van der Waals surface area contributed by atoms with Crippen LogP contribution in [0.5, 0.6) is 5.75 Å². The fourth-order valence-corrected chi connectivity index (χ4v) is 4.24. The molecule has 1 fully saturated rings. The van der Waals surface area contributed by atoms with Gasteiger partial charge in [0.15, 0.2) is 0 Å². The maximum absolute atomic E-state index is 13.3. The highest BCUT2D eigenvalue weighted by atomic mass is 16.5. The van der Waals surface area contributed by atoms with Gasteiger partial charge >= 0.3 is 0 Å². The Morgan fingerprint density at radius 2 is 1.58 bits per heavy atom. The molecule has 0 aliphatic carbocycles. The molecular weight excluding hydrogens is 412 g/mol. The van der Waals surface area contributed by atoms with E-state index in [9.17, 15) is 4.79 Å². The third-order valence-corrected chi connectivity index (χ3v) is 6.00. The highest BCUT2D eigenvalue weighted by Gasteiger charge is 2.21. The average molecular weight is 445 g/mol. The molecular formula is C28H32N2O3. The first-order chi connectivity index (χ1) is 16.1. The Kier molecular flexibility index (Phi) is 7.76. The van der Waals surface area contributed by atoms with E-state index in [1.807, 2.05) is 74.5 Å². The number of benzene rings is 3. The Morgan fingerprint density at radius 3 is 2.21 bits per heavy atom. The van der Waals surface area contributed by atoms with Gasteiger partial charge in [0.2, 0.25) is 0 Å². The molecule has 1 heterocycles. The van der Waals surface area contributed by atoms with Crippen molar-refractivity contribution in [2.75, 3.05) is 32.8 Å². The number of morpholine rings is 1. The first-order valence-corrected chi connectivity index (χ1v) is 11.5. The number of hydrogen-bond donors (Lipinski definition) is 1. The predicted octanol–water partition coefficient (Wildman–Crippen LogP) is 4.69. The lowest BCUT2D eigenvalue weighted by Crippen LogP contribution is -2.43. The van der Waals surface area contributed by atoms with E-state index in [2.05, 4.69) is 22.3 Å². The second kappa shape index (κ2) is 11.1. The zero-order valence-corrected chi connectivity index (χ0v) is 19.4. The zero-order chi connectivity index (χ0) is 23.0.